The van der Waals surface area contributed by atoms with Crippen molar-refractivity contribution in [2.24, 2.45) is 0 Å². The van der Waals surface area contributed by atoms with Crippen LogP contribution < -0.4 is 14.8 Å². The summed E-state index contributed by atoms with van der Waals surface area (Å²) in [6.07, 6.45) is 0. The molecule has 2 rings (SSSR count). The minimum atomic E-state index is 0.479. The molecule has 0 aliphatic heterocycles. The van der Waals surface area contributed by atoms with E-state index in [1.165, 1.54) is 0 Å². The summed E-state index contributed by atoms with van der Waals surface area (Å²) in [6.45, 7) is 8.52. The lowest BCUT2D eigenvalue weighted by Gasteiger charge is -2.11. The van der Waals surface area contributed by atoms with Gasteiger partial charge in [-0.2, -0.15) is 4.98 Å². The Morgan fingerprint density at radius 3 is 2.57 bits per heavy atom. The number of aromatic nitrogens is 2. The first-order chi connectivity index (χ1) is 10.3. The third-order valence-electron chi connectivity index (χ3n) is 2.79. The van der Waals surface area contributed by atoms with Gasteiger partial charge in [0, 0.05) is 5.56 Å². The number of rotatable bonds is 8. The van der Waals surface area contributed by atoms with Crippen molar-refractivity contribution in [1.82, 2.24) is 15.5 Å². The van der Waals surface area contributed by atoms with Gasteiger partial charge in [-0.15, -0.1) is 0 Å². The standard InChI is InChI=1S/C15H21N3O3/c1-4-16-10-14-17-15(21-18-14)11-7-8-12(19-5-2)13(9-11)20-6-3/h7-9,16H,4-6,10H2,1-3H3. The van der Waals surface area contributed by atoms with E-state index in [1.807, 2.05) is 39.0 Å². The van der Waals surface area contributed by atoms with Crippen LogP contribution in [-0.2, 0) is 6.54 Å². The molecule has 1 aromatic heterocycles. The van der Waals surface area contributed by atoms with E-state index in [0.717, 1.165) is 17.9 Å². The summed E-state index contributed by atoms with van der Waals surface area (Å²) in [5.41, 5.74) is 0.817. The highest BCUT2D eigenvalue weighted by atomic mass is 16.5. The topological polar surface area (TPSA) is 69.4 Å². The van der Waals surface area contributed by atoms with Crippen LogP contribution in [0.2, 0.25) is 0 Å². The fraction of sp³-hybridized carbons (Fsp3) is 0.467. The van der Waals surface area contributed by atoms with E-state index in [2.05, 4.69) is 15.5 Å². The van der Waals surface area contributed by atoms with E-state index in [-0.39, 0.29) is 0 Å². The highest BCUT2D eigenvalue weighted by Crippen LogP contribution is 2.32. The molecular weight excluding hydrogens is 270 g/mol. The molecule has 0 radical (unpaired) electrons. The molecule has 2 aromatic rings. The molecular formula is C15H21N3O3. The van der Waals surface area contributed by atoms with Crippen LogP contribution in [0, 0.1) is 0 Å². The summed E-state index contributed by atoms with van der Waals surface area (Å²) in [7, 11) is 0. The van der Waals surface area contributed by atoms with Crippen LogP contribution in [0.15, 0.2) is 22.7 Å². The molecule has 21 heavy (non-hydrogen) atoms. The highest BCUT2D eigenvalue weighted by molar-refractivity contribution is 5.59. The molecule has 1 heterocycles. The Bertz CT molecular complexity index is 569. The molecule has 0 unspecified atom stereocenters. The molecule has 0 saturated carbocycles. The van der Waals surface area contributed by atoms with E-state index in [0.29, 0.717) is 37.2 Å². The molecule has 1 N–H and O–H groups in total. The van der Waals surface area contributed by atoms with Crippen molar-refractivity contribution < 1.29 is 14.0 Å². The minimum Gasteiger partial charge on any atom is -0.490 e. The van der Waals surface area contributed by atoms with Gasteiger partial charge in [-0.25, -0.2) is 0 Å². The maximum Gasteiger partial charge on any atom is 0.258 e. The zero-order valence-corrected chi connectivity index (χ0v) is 12.7. The second-order valence-corrected chi connectivity index (χ2v) is 4.32. The van der Waals surface area contributed by atoms with Crippen LogP contribution in [0.1, 0.15) is 26.6 Å². The van der Waals surface area contributed by atoms with E-state index in [4.69, 9.17) is 14.0 Å². The predicted octanol–water partition coefficient (Wildman–Crippen LogP) is 2.64. The van der Waals surface area contributed by atoms with Gasteiger partial charge in [0.25, 0.3) is 5.89 Å². The molecule has 0 aliphatic rings. The molecule has 1 aromatic carbocycles. The van der Waals surface area contributed by atoms with Crippen molar-refractivity contribution in [1.29, 1.82) is 0 Å². The number of nitrogens with zero attached hydrogens (tertiary/aromatic N) is 2. The maximum atomic E-state index is 5.60. The van der Waals surface area contributed by atoms with Crippen molar-refractivity contribution in [2.45, 2.75) is 27.3 Å². The van der Waals surface area contributed by atoms with Crippen molar-refractivity contribution in [2.75, 3.05) is 19.8 Å². The molecule has 6 heteroatoms. The Kier molecular flexibility index (Phi) is 5.57. The Balaban J connectivity index is 2.22. The number of hydrogen-bond donors (Lipinski definition) is 1. The summed E-state index contributed by atoms with van der Waals surface area (Å²) in [5, 5.41) is 7.10. The Hall–Kier alpha value is -2.08. The molecule has 0 aliphatic carbocycles. The lowest BCUT2D eigenvalue weighted by atomic mass is 10.2. The first-order valence-electron chi connectivity index (χ1n) is 7.21. The summed E-state index contributed by atoms with van der Waals surface area (Å²) < 4.78 is 16.4. The predicted molar refractivity (Wildman–Crippen MR) is 79.5 cm³/mol. The second-order valence-electron chi connectivity index (χ2n) is 4.32. The van der Waals surface area contributed by atoms with Crippen molar-refractivity contribution in [3.05, 3.63) is 24.0 Å². The average Bonchev–Trinajstić information content (AvgIpc) is 2.96. The van der Waals surface area contributed by atoms with Crippen molar-refractivity contribution in [3.63, 3.8) is 0 Å². The van der Waals surface area contributed by atoms with Gasteiger partial charge in [-0.05, 0) is 38.6 Å². The molecule has 114 valence electrons. The minimum absolute atomic E-state index is 0.479. The van der Waals surface area contributed by atoms with Gasteiger partial charge in [0.05, 0.1) is 19.8 Å². The molecule has 0 amide bonds. The normalized spacial score (nSPS) is 10.6. The number of benzene rings is 1. The van der Waals surface area contributed by atoms with Gasteiger partial charge in [0.15, 0.2) is 17.3 Å². The molecule has 0 spiro atoms. The molecule has 0 saturated heterocycles. The first kappa shape index (κ1) is 15.3. The summed E-state index contributed by atoms with van der Waals surface area (Å²) >= 11 is 0. The zero-order valence-electron chi connectivity index (χ0n) is 12.7. The third kappa shape index (κ3) is 3.95. The van der Waals surface area contributed by atoms with Gasteiger partial charge < -0.3 is 19.3 Å². The third-order valence-corrected chi connectivity index (χ3v) is 2.79. The molecule has 0 bridgehead atoms. The van der Waals surface area contributed by atoms with Gasteiger partial charge in [0.2, 0.25) is 0 Å². The smallest absolute Gasteiger partial charge is 0.258 e. The van der Waals surface area contributed by atoms with E-state index in [9.17, 15) is 0 Å². The Morgan fingerprint density at radius 2 is 1.86 bits per heavy atom. The van der Waals surface area contributed by atoms with Crippen LogP contribution in [0.25, 0.3) is 11.5 Å². The molecule has 6 nitrogen and oxygen atoms in total. The van der Waals surface area contributed by atoms with Gasteiger partial charge in [-0.3, -0.25) is 0 Å². The van der Waals surface area contributed by atoms with Crippen molar-refractivity contribution in [3.8, 4) is 23.0 Å². The van der Waals surface area contributed by atoms with E-state index < -0.39 is 0 Å². The van der Waals surface area contributed by atoms with Gasteiger partial charge in [-0.1, -0.05) is 12.1 Å². The lowest BCUT2D eigenvalue weighted by Crippen LogP contribution is -2.12. The summed E-state index contributed by atoms with van der Waals surface area (Å²) in [6, 6.07) is 5.61. The van der Waals surface area contributed by atoms with Crippen LogP contribution >= 0.6 is 0 Å². The number of ether oxygens (including phenoxy) is 2. The Morgan fingerprint density at radius 1 is 1.10 bits per heavy atom. The molecule has 0 fully saturated rings. The first-order valence-corrected chi connectivity index (χ1v) is 7.21. The van der Waals surface area contributed by atoms with Crippen molar-refractivity contribution >= 4 is 0 Å². The largest absolute Gasteiger partial charge is 0.490 e. The van der Waals surface area contributed by atoms with Gasteiger partial charge >= 0.3 is 0 Å². The quantitative estimate of drug-likeness (QED) is 0.806. The molecule has 0 atom stereocenters. The highest BCUT2D eigenvalue weighted by Gasteiger charge is 2.12. The average molecular weight is 291 g/mol. The van der Waals surface area contributed by atoms with Gasteiger partial charge in [0.1, 0.15) is 0 Å². The monoisotopic (exact) mass is 291 g/mol. The summed E-state index contributed by atoms with van der Waals surface area (Å²) in [5.74, 6) is 2.52. The maximum absolute atomic E-state index is 5.60. The van der Waals surface area contributed by atoms with Crippen LogP contribution in [0.3, 0.4) is 0 Å². The zero-order chi connectivity index (χ0) is 15.1. The summed E-state index contributed by atoms with van der Waals surface area (Å²) in [4.78, 5) is 4.36. The fourth-order valence-corrected chi connectivity index (χ4v) is 1.86. The second kappa shape index (κ2) is 7.64. The SMILES string of the molecule is CCNCc1noc(-c2ccc(OCC)c(OCC)c2)n1. The van der Waals surface area contributed by atoms with Crippen LogP contribution in [0.4, 0.5) is 0 Å². The Labute approximate surface area is 124 Å². The van der Waals surface area contributed by atoms with E-state index in [1.54, 1.807) is 0 Å². The fourth-order valence-electron chi connectivity index (χ4n) is 1.86. The van der Waals surface area contributed by atoms with E-state index >= 15 is 0 Å². The lowest BCUT2D eigenvalue weighted by molar-refractivity contribution is 0.288. The number of nitrogens with one attached hydrogen (secondary N) is 1. The van der Waals surface area contributed by atoms with Crippen LogP contribution in [-0.4, -0.2) is 29.9 Å². The number of hydrogen-bond acceptors (Lipinski definition) is 6. The van der Waals surface area contributed by atoms with Crippen LogP contribution in [0.5, 0.6) is 11.5 Å².